The molecule has 0 aliphatic carbocycles. The summed E-state index contributed by atoms with van der Waals surface area (Å²) in [4.78, 5) is 13.5. The van der Waals surface area contributed by atoms with Crippen LogP contribution < -0.4 is 4.74 Å². The largest absolute Gasteiger partial charge is 0.479 e. The highest BCUT2D eigenvalue weighted by Crippen LogP contribution is 2.24. The number of rotatable bonds is 7. The number of amides is 1. The van der Waals surface area contributed by atoms with Crippen molar-refractivity contribution in [2.24, 2.45) is 0 Å². The fourth-order valence-electron chi connectivity index (χ4n) is 1.74. The van der Waals surface area contributed by atoms with Crippen LogP contribution in [0.3, 0.4) is 0 Å². The minimum absolute atomic E-state index is 0.178. The van der Waals surface area contributed by atoms with Gasteiger partial charge in [0.1, 0.15) is 5.75 Å². The summed E-state index contributed by atoms with van der Waals surface area (Å²) in [7, 11) is 3.10. The number of carbonyl (C=O) groups is 1. The van der Waals surface area contributed by atoms with Crippen molar-refractivity contribution in [3.8, 4) is 5.75 Å². The summed E-state index contributed by atoms with van der Waals surface area (Å²) in [5, 5.41) is 10.1. The van der Waals surface area contributed by atoms with E-state index in [1.165, 1.54) is 12.0 Å². The number of nitrogens with zero attached hydrogens (tertiary/aromatic N) is 1. The molecule has 0 aromatic heterocycles. The van der Waals surface area contributed by atoms with Gasteiger partial charge in [0.25, 0.3) is 5.91 Å². The van der Waals surface area contributed by atoms with Crippen molar-refractivity contribution < 1.29 is 19.4 Å². The third-order valence-electron chi connectivity index (χ3n) is 2.71. The van der Waals surface area contributed by atoms with Crippen LogP contribution in [0.4, 0.5) is 0 Å². The van der Waals surface area contributed by atoms with Gasteiger partial charge in [-0.2, -0.15) is 0 Å². The predicted octanol–water partition coefficient (Wildman–Crippen LogP) is 1.57. The molecule has 0 saturated carbocycles. The maximum Gasteiger partial charge on any atom is 0.263 e. The van der Waals surface area contributed by atoms with Gasteiger partial charge in [0.2, 0.25) is 0 Å². The lowest BCUT2D eigenvalue weighted by molar-refractivity contribution is -0.138. The molecule has 2 atom stereocenters. The van der Waals surface area contributed by atoms with E-state index < -0.39 is 12.2 Å². The summed E-state index contributed by atoms with van der Waals surface area (Å²) in [5.41, 5.74) is 0. The van der Waals surface area contributed by atoms with Gasteiger partial charge in [-0.1, -0.05) is 23.7 Å². The molecule has 6 heteroatoms. The molecule has 0 bridgehead atoms. The van der Waals surface area contributed by atoms with Gasteiger partial charge in [0.05, 0.1) is 17.7 Å². The number of aliphatic hydroxyl groups excluding tert-OH is 1. The van der Waals surface area contributed by atoms with Crippen molar-refractivity contribution in [1.29, 1.82) is 0 Å². The number of benzene rings is 1. The molecule has 1 aromatic rings. The molecule has 0 aliphatic rings. The van der Waals surface area contributed by atoms with Gasteiger partial charge in [-0.3, -0.25) is 4.79 Å². The van der Waals surface area contributed by atoms with Crippen LogP contribution in [0.2, 0.25) is 5.02 Å². The van der Waals surface area contributed by atoms with E-state index in [4.69, 9.17) is 21.1 Å². The monoisotopic (exact) mass is 301 g/mol. The topological polar surface area (TPSA) is 59.0 Å². The molecule has 0 fully saturated rings. The van der Waals surface area contributed by atoms with E-state index in [9.17, 15) is 9.90 Å². The molecule has 0 saturated heterocycles. The summed E-state index contributed by atoms with van der Waals surface area (Å²) < 4.78 is 10.4. The Balaban J connectivity index is 2.56. The van der Waals surface area contributed by atoms with Gasteiger partial charge in [-0.05, 0) is 19.1 Å². The zero-order chi connectivity index (χ0) is 15.1. The molecule has 0 spiro atoms. The van der Waals surface area contributed by atoms with Crippen molar-refractivity contribution in [3.05, 3.63) is 29.3 Å². The van der Waals surface area contributed by atoms with Crippen molar-refractivity contribution in [1.82, 2.24) is 4.90 Å². The number of para-hydroxylation sites is 1. The number of halogens is 1. The summed E-state index contributed by atoms with van der Waals surface area (Å²) in [6.45, 7) is 2.01. The van der Waals surface area contributed by atoms with Crippen LogP contribution in [0.25, 0.3) is 0 Å². The van der Waals surface area contributed by atoms with Gasteiger partial charge in [-0.15, -0.1) is 0 Å². The van der Waals surface area contributed by atoms with Crippen LogP contribution in [-0.2, 0) is 9.53 Å². The SMILES string of the molecule is COCC(O)CN(C)C(=O)C(C)Oc1ccccc1Cl. The first-order chi connectivity index (χ1) is 9.45. The lowest BCUT2D eigenvalue weighted by Gasteiger charge is -2.24. The third kappa shape index (κ3) is 5.00. The fourth-order valence-corrected chi connectivity index (χ4v) is 1.92. The molecule has 5 nitrogen and oxygen atoms in total. The summed E-state index contributed by atoms with van der Waals surface area (Å²) in [6.07, 6.45) is -1.41. The van der Waals surface area contributed by atoms with Crippen LogP contribution in [0.15, 0.2) is 24.3 Å². The maximum absolute atomic E-state index is 12.1. The number of methoxy groups -OCH3 is 1. The molecule has 1 N–H and O–H groups in total. The molecule has 112 valence electrons. The summed E-state index contributed by atoms with van der Waals surface area (Å²) in [6, 6.07) is 6.96. The van der Waals surface area contributed by atoms with Crippen LogP contribution >= 0.6 is 11.6 Å². The Hall–Kier alpha value is -1.30. The van der Waals surface area contributed by atoms with Gasteiger partial charge in [0.15, 0.2) is 6.10 Å². The van der Waals surface area contributed by atoms with Gasteiger partial charge >= 0.3 is 0 Å². The smallest absolute Gasteiger partial charge is 0.263 e. The Morgan fingerprint density at radius 2 is 2.10 bits per heavy atom. The van der Waals surface area contributed by atoms with Crippen LogP contribution in [0, 0.1) is 0 Å². The van der Waals surface area contributed by atoms with Crippen molar-refractivity contribution in [2.75, 3.05) is 27.3 Å². The van der Waals surface area contributed by atoms with E-state index in [-0.39, 0.29) is 19.1 Å². The summed E-state index contributed by atoms with van der Waals surface area (Å²) in [5.74, 6) is 0.223. The van der Waals surface area contributed by atoms with Gasteiger partial charge in [-0.25, -0.2) is 0 Å². The van der Waals surface area contributed by atoms with Crippen molar-refractivity contribution in [2.45, 2.75) is 19.1 Å². The molecule has 1 rings (SSSR count). The van der Waals surface area contributed by atoms with E-state index in [0.29, 0.717) is 10.8 Å². The first-order valence-corrected chi connectivity index (χ1v) is 6.66. The zero-order valence-corrected chi connectivity index (χ0v) is 12.6. The zero-order valence-electron chi connectivity index (χ0n) is 11.9. The van der Waals surface area contributed by atoms with Crippen molar-refractivity contribution in [3.63, 3.8) is 0 Å². The van der Waals surface area contributed by atoms with E-state index >= 15 is 0 Å². The molecule has 0 radical (unpaired) electrons. The van der Waals surface area contributed by atoms with Crippen LogP contribution in [0.1, 0.15) is 6.92 Å². The maximum atomic E-state index is 12.1. The first kappa shape index (κ1) is 16.8. The van der Waals surface area contributed by atoms with Crippen LogP contribution in [0.5, 0.6) is 5.75 Å². The second-order valence-electron chi connectivity index (χ2n) is 4.52. The quantitative estimate of drug-likeness (QED) is 0.830. The number of hydrogen-bond donors (Lipinski definition) is 1. The average Bonchev–Trinajstić information content (AvgIpc) is 2.40. The van der Waals surface area contributed by atoms with Gasteiger partial charge in [0, 0.05) is 20.7 Å². The number of likely N-dealkylation sites (N-methyl/N-ethyl adjacent to an activating group) is 1. The molecular formula is C14H20ClNO4. The Kier molecular flexibility index (Phi) is 6.78. The number of carbonyl (C=O) groups excluding carboxylic acids is 1. The predicted molar refractivity (Wildman–Crippen MR) is 77.1 cm³/mol. The normalized spacial score (nSPS) is 13.7. The van der Waals surface area contributed by atoms with Crippen molar-refractivity contribution >= 4 is 17.5 Å². The average molecular weight is 302 g/mol. The minimum atomic E-state index is -0.721. The van der Waals surface area contributed by atoms with E-state index in [1.807, 2.05) is 0 Å². The molecule has 1 amide bonds. The molecule has 20 heavy (non-hydrogen) atoms. The van der Waals surface area contributed by atoms with Gasteiger partial charge < -0.3 is 19.5 Å². The van der Waals surface area contributed by atoms with E-state index in [0.717, 1.165) is 0 Å². The highest BCUT2D eigenvalue weighted by molar-refractivity contribution is 6.32. The standard InChI is InChI=1S/C14H20ClNO4/c1-10(20-13-7-5-4-6-12(13)15)14(18)16(2)8-11(17)9-19-3/h4-7,10-11,17H,8-9H2,1-3H3. The number of ether oxygens (including phenoxy) is 2. The first-order valence-electron chi connectivity index (χ1n) is 6.28. The summed E-state index contributed by atoms with van der Waals surface area (Å²) >= 11 is 5.97. The molecule has 0 aliphatic heterocycles. The number of hydrogen-bond acceptors (Lipinski definition) is 4. The Labute approximate surface area is 124 Å². The number of aliphatic hydroxyl groups is 1. The highest BCUT2D eigenvalue weighted by Gasteiger charge is 2.21. The third-order valence-corrected chi connectivity index (χ3v) is 3.02. The molecule has 0 heterocycles. The molecule has 2 unspecified atom stereocenters. The second kappa shape index (κ2) is 8.09. The minimum Gasteiger partial charge on any atom is -0.479 e. The Morgan fingerprint density at radius 1 is 1.45 bits per heavy atom. The van der Waals surface area contributed by atoms with E-state index in [1.54, 1.807) is 38.2 Å². The Bertz CT molecular complexity index is 441. The second-order valence-corrected chi connectivity index (χ2v) is 4.93. The van der Waals surface area contributed by atoms with Crippen LogP contribution in [-0.4, -0.2) is 55.4 Å². The lowest BCUT2D eigenvalue weighted by atomic mass is 10.3. The molecule has 1 aromatic carbocycles. The molecular weight excluding hydrogens is 282 g/mol. The highest BCUT2D eigenvalue weighted by atomic mass is 35.5. The Morgan fingerprint density at radius 3 is 2.70 bits per heavy atom. The van der Waals surface area contributed by atoms with E-state index in [2.05, 4.69) is 0 Å². The fraction of sp³-hybridized carbons (Fsp3) is 0.500. The lowest BCUT2D eigenvalue weighted by Crippen LogP contribution is -2.42.